The van der Waals surface area contributed by atoms with Crippen LogP contribution in [0.1, 0.15) is 6.42 Å². The van der Waals surface area contributed by atoms with Crippen LogP contribution in [0.5, 0.6) is 0 Å². The highest BCUT2D eigenvalue weighted by molar-refractivity contribution is 9.10. The van der Waals surface area contributed by atoms with Gasteiger partial charge in [-0.2, -0.15) is 0 Å². The van der Waals surface area contributed by atoms with Crippen LogP contribution >= 0.6 is 27.3 Å². The smallest absolute Gasteiger partial charge is 0.190 e. The van der Waals surface area contributed by atoms with Gasteiger partial charge in [0.05, 0.1) is 12.0 Å². The summed E-state index contributed by atoms with van der Waals surface area (Å²) in [5.41, 5.74) is 2.51. The zero-order valence-electron chi connectivity index (χ0n) is 15.0. The van der Waals surface area contributed by atoms with Crippen molar-refractivity contribution in [2.24, 2.45) is 4.99 Å². The molecule has 0 aliphatic heterocycles. The molecule has 28 heavy (non-hydrogen) atoms. The van der Waals surface area contributed by atoms with Crippen molar-refractivity contribution in [1.29, 1.82) is 0 Å². The summed E-state index contributed by atoms with van der Waals surface area (Å²) >= 11 is 5.16. The van der Waals surface area contributed by atoms with E-state index in [1.807, 2.05) is 30.7 Å². The summed E-state index contributed by atoms with van der Waals surface area (Å²) in [6, 6.07) is 14.7. The molecule has 4 rings (SSSR count). The maximum Gasteiger partial charge on any atom is 0.190 e. The van der Waals surface area contributed by atoms with E-state index in [0.717, 1.165) is 40.0 Å². The average Bonchev–Trinajstić information content (AvgIpc) is 3.35. The van der Waals surface area contributed by atoms with Gasteiger partial charge in [0.15, 0.2) is 4.80 Å². The van der Waals surface area contributed by atoms with Crippen molar-refractivity contribution in [3.8, 4) is 11.3 Å². The van der Waals surface area contributed by atoms with Crippen molar-refractivity contribution in [1.82, 2.24) is 14.1 Å². The molecule has 0 saturated heterocycles. The number of hydrogen-bond acceptors (Lipinski definition) is 3. The Morgan fingerprint density at radius 1 is 1.07 bits per heavy atom. The molecule has 2 aromatic carbocycles. The molecule has 0 aliphatic rings. The minimum absolute atomic E-state index is 0.316. The van der Waals surface area contributed by atoms with Gasteiger partial charge >= 0.3 is 0 Å². The maximum atomic E-state index is 14.1. The van der Waals surface area contributed by atoms with Crippen LogP contribution in [0, 0.1) is 5.82 Å². The molecule has 2 heterocycles. The first-order chi connectivity index (χ1) is 13.7. The first kappa shape index (κ1) is 18.8. The molecular weight excluding hydrogens is 439 g/mol. The number of aromatic nitrogens is 3. The Labute approximate surface area is 174 Å². The normalized spacial score (nSPS) is 11.9. The van der Waals surface area contributed by atoms with E-state index in [9.17, 15) is 4.39 Å². The van der Waals surface area contributed by atoms with E-state index in [2.05, 4.69) is 46.5 Å². The van der Waals surface area contributed by atoms with Crippen LogP contribution in [-0.2, 0) is 13.1 Å². The second-order valence-corrected chi connectivity index (χ2v) is 7.94. The summed E-state index contributed by atoms with van der Waals surface area (Å²) in [4.78, 5) is 9.47. The van der Waals surface area contributed by atoms with Crippen molar-refractivity contribution in [3.05, 3.63) is 87.7 Å². The minimum atomic E-state index is -0.316. The Balaban J connectivity index is 1.73. The lowest BCUT2D eigenvalue weighted by atomic mass is 10.2. The third-order valence-corrected chi connectivity index (χ3v) is 5.93. The van der Waals surface area contributed by atoms with Crippen molar-refractivity contribution < 1.29 is 4.39 Å². The number of halogens is 2. The predicted molar refractivity (Wildman–Crippen MR) is 114 cm³/mol. The van der Waals surface area contributed by atoms with Crippen molar-refractivity contribution in [2.75, 3.05) is 0 Å². The van der Waals surface area contributed by atoms with E-state index in [4.69, 9.17) is 0 Å². The van der Waals surface area contributed by atoms with Gasteiger partial charge in [-0.1, -0.05) is 46.3 Å². The summed E-state index contributed by atoms with van der Waals surface area (Å²) in [6.45, 7) is 1.63. The lowest BCUT2D eigenvalue weighted by Gasteiger charge is -2.11. The third-order valence-electron chi connectivity index (χ3n) is 4.37. The van der Waals surface area contributed by atoms with E-state index < -0.39 is 0 Å². The largest absolute Gasteiger partial charge is 0.337 e. The summed E-state index contributed by atoms with van der Waals surface area (Å²) in [6.07, 6.45) is 6.47. The molecule has 7 heteroatoms. The lowest BCUT2D eigenvalue weighted by molar-refractivity contribution is 0.558. The first-order valence-corrected chi connectivity index (χ1v) is 10.6. The van der Waals surface area contributed by atoms with Crippen LogP contribution in [0.3, 0.4) is 0 Å². The predicted octanol–water partition coefficient (Wildman–Crippen LogP) is 5.64. The summed E-state index contributed by atoms with van der Waals surface area (Å²) in [7, 11) is 0. The lowest BCUT2D eigenvalue weighted by Crippen LogP contribution is -2.17. The molecule has 0 unspecified atom stereocenters. The molecule has 0 atom stereocenters. The van der Waals surface area contributed by atoms with Crippen LogP contribution < -0.4 is 4.80 Å². The van der Waals surface area contributed by atoms with Crippen LogP contribution in [0.4, 0.5) is 10.1 Å². The fraction of sp³-hybridized carbons (Fsp3) is 0.143. The zero-order valence-corrected chi connectivity index (χ0v) is 17.4. The Hall–Kier alpha value is -2.51. The van der Waals surface area contributed by atoms with Crippen molar-refractivity contribution in [2.45, 2.75) is 19.5 Å². The van der Waals surface area contributed by atoms with E-state index in [0.29, 0.717) is 5.69 Å². The second-order valence-electron chi connectivity index (χ2n) is 6.25. The number of rotatable bonds is 6. The highest BCUT2D eigenvalue weighted by Crippen LogP contribution is 2.29. The van der Waals surface area contributed by atoms with Gasteiger partial charge < -0.3 is 9.13 Å². The van der Waals surface area contributed by atoms with E-state index in [1.54, 1.807) is 24.4 Å². The van der Waals surface area contributed by atoms with Gasteiger partial charge in [0, 0.05) is 40.9 Å². The number of aryl methyl sites for hydroxylation is 1. The maximum absolute atomic E-state index is 14.1. The standard InChI is InChI=1S/C21H18BrFN4S/c22-17-7-2-1-6-16(17)20-14-28-21(25-19-9-4-3-8-18(19)23)27(20)12-5-11-26-13-10-24-15-26/h1-4,6-10,13-15H,5,11-12H2. The quantitative estimate of drug-likeness (QED) is 0.369. The molecule has 4 nitrogen and oxygen atoms in total. The van der Waals surface area contributed by atoms with Crippen molar-refractivity contribution in [3.63, 3.8) is 0 Å². The fourth-order valence-corrected chi connectivity index (χ4v) is 4.42. The first-order valence-electron chi connectivity index (χ1n) is 8.90. The fourth-order valence-electron chi connectivity index (χ4n) is 3.00. The Kier molecular flexibility index (Phi) is 5.83. The minimum Gasteiger partial charge on any atom is -0.337 e. The van der Waals surface area contributed by atoms with Crippen LogP contribution in [0.25, 0.3) is 11.3 Å². The number of para-hydroxylation sites is 1. The average molecular weight is 457 g/mol. The highest BCUT2D eigenvalue weighted by atomic mass is 79.9. The molecular formula is C21H18BrFN4S. The molecule has 0 fully saturated rings. The molecule has 2 aromatic heterocycles. The third kappa shape index (κ3) is 4.15. The number of hydrogen-bond donors (Lipinski definition) is 0. The molecule has 0 spiro atoms. The van der Waals surface area contributed by atoms with Gasteiger partial charge in [-0.3, -0.25) is 0 Å². The number of imidazole rings is 1. The molecule has 0 aliphatic carbocycles. The number of nitrogens with zero attached hydrogens (tertiary/aromatic N) is 4. The topological polar surface area (TPSA) is 35.1 Å². The Morgan fingerprint density at radius 3 is 2.68 bits per heavy atom. The van der Waals surface area contributed by atoms with Gasteiger partial charge in [-0.05, 0) is 24.6 Å². The van der Waals surface area contributed by atoms with Gasteiger partial charge in [-0.25, -0.2) is 14.4 Å². The zero-order chi connectivity index (χ0) is 19.3. The summed E-state index contributed by atoms with van der Waals surface area (Å²) in [5.74, 6) is -0.316. The summed E-state index contributed by atoms with van der Waals surface area (Å²) < 4.78 is 19.4. The molecule has 0 radical (unpaired) electrons. The molecule has 0 bridgehead atoms. The second kappa shape index (κ2) is 8.67. The number of thiazole rings is 1. The highest BCUT2D eigenvalue weighted by Gasteiger charge is 2.11. The van der Waals surface area contributed by atoms with Crippen LogP contribution in [0.15, 0.2) is 82.1 Å². The van der Waals surface area contributed by atoms with Crippen LogP contribution in [-0.4, -0.2) is 14.1 Å². The summed E-state index contributed by atoms with van der Waals surface area (Å²) in [5, 5.41) is 2.08. The van der Waals surface area contributed by atoms with Gasteiger partial charge in [0.1, 0.15) is 11.5 Å². The molecule has 0 amide bonds. The van der Waals surface area contributed by atoms with Gasteiger partial charge in [0.25, 0.3) is 0 Å². The Bertz CT molecular complexity index is 1130. The van der Waals surface area contributed by atoms with E-state index in [1.165, 1.54) is 17.4 Å². The molecule has 0 saturated carbocycles. The van der Waals surface area contributed by atoms with E-state index in [-0.39, 0.29) is 5.82 Å². The Morgan fingerprint density at radius 2 is 1.89 bits per heavy atom. The molecule has 142 valence electrons. The number of benzene rings is 2. The SMILES string of the molecule is Fc1ccccc1N=c1scc(-c2ccccc2Br)n1CCCn1ccnc1. The van der Waals surface area contributed by atoms with Crippen molar-refractivity contribution >= 4 is 33.0 Å². The van der Waals surface area contributed by atoms with Crippen LogP contribution in [0.2, 0.25) is 0 Å². The monoisotopic (exact) mass is 456 g/mol. The van der Waals surface area contributed by atoms with E-state index >= 15 is 0 Å². The van der Waals surface area contributed by atoms with Gasteiger partial charge in [-0.15, -0.1) is 11.3 Å². The van der Waals surface area contributed by atoms with Gasteiger partial charge in [0.2, 0.25) is 0 Å². The molecule has 0 N–H and O–H groups in total. The molecule has 4 aromatic rings.